The van der Waals surface area contributed by atoms with Crippen LogP contribution >= 0.6 is 11.6 Å². The molecule has 0 N–H and O–H groups in total. The van der Waals surface area contributed by atoms with E-state index in [2.05, 4.69) is 12.1 Å². The lowest BCUT2D eigenvalue weighted by Gasteiger charge is -2.10. The lowest BCUT2D eigenvalue weighted by Crippen LogP contribution is -2.00. The second-order valence-corrected chi connectivity index (χ2v) is 9.81. The van der Waals surface area contributed by atoms with Gasteiger partial charge < -0.3 is 8.83 Å². The van der Waals surface area contributed by atoms with Crippen LogP contribution in [0.5, 0.6) is 0 Å². The molecule has 0 saturated carbocycles. The fraction of sp³-hybridized carbons (Fsp3) is 0. The molecule has 0 amide bonds. The Morgan fingerprint density at radius 3 is 1.95 bits per heavy atom. The molecule has 0 aliphatic heterocycles. The highest BCUT2D eigenvalue weighted by atomic mass is 35.5. The van der Waals surface area contributed by atoms with E-state index in [-0.39, 0.29) is 0 Å². The van der Waals surface area contributed by atoms with Gasteiger partial charge in [0.15, 0.2) is 17.5 Å². The summed E-state index contributed by atoms with van der Waals surface area (Å²) in [6.45, 7) is 0. The highest BCUT2D eigenvalue weighted by Gasteiger charge is 2.20. The summed E-state index contributed by atoms with van der Waals surface area (Å²) in [5.41, 5.74) is 5.47. The van der Waals surface area contributed by atoms with Crippen LogP contribution in [-0.4, -0.2) is 15.0 Å². The van der Waals surface area contributed by atoms with E-state index in [0.717, 1.165) is 55.0 Å². The van der Waals surface area contributed by atoms with Crippen LogP contribution in [0.4, 0.5) is 0 Å². The Hall–Kier alpha value is -5.00. The predicted octanol–water partition coefficient (Wildman–Crippen LogP) is 9.32. The molecule has 39 heavy (non-hydrogen) atoms. The average molecular weight is 524 g/mol. The van der Waals surface area contributed by atoms with Crippen molar-refractivity contribution in [3.05, 3.63) is 114 Å². The number of aromatic nitrogens is 3. The summed E-state index contributed by atoms with van der Waals surface area (Å²) < 4.78 is 12.5. The number of halogens is 1. The van der Waals surface area contributed by atoms with Gasteiger partial charge in [0, 0.05) is 43.8 Å². The zero-order valence-corrected chi connectivity index (χ0v) is 21.2. The number of nitrogens with zero attached hydrogens (tertiary/aromatic N) is 3. The summed E-state index contributed by atoms with van der Waals surface area (Å²) in [5.74, 6) is 1.58. The first-order chi connectivity index (χ1) is 19.2. The summed E-state index contributed by atoms with van der Waals surface area (Å²) in [5, 5.41) is 4.49. The van der Waals surface area contributed by atoms with Gasteiger partial charge in [-0.1, -0.05) is 90.5 Å². The van der Waals surface area contributed by atoms with Gasteiger partial charge in [0.1, 0.15) is 22.3 Å². The molecule has 5 nitrogen and oxygen atoms in total. The van der Waals surface area contributed by atoms with E-state index in [1.807, 2.05) is 97.1 Å². The maximum atomic E-state index is 6.59. The van der Waals surface area contributed by atoms with Gasteiger partial charge in [-0.25, -0.2) is 15.0 Å². The molecule has 0 spiro atoms. The molecule has 0 radical (unpaired) electrons. The van der Waals surface area contributed by atoms with Crippen molar-refractivity contribution < 1.29 is 8.83 Å². The van der Waals surface area contributed by atoms with Crippen LogP contribution in [0.3, 0.4) is 0 Å². The third-order valence-corrected chi connectivity index (χ3v) is 7.21. The Morgan fingerprint density at radius 2 is 1.13 bits per heavy atom. The molecule has 6 heteroatoms. The van der Waals surface area contributed by atoms with E-state index in [0.29, 0.717) is 28.1 Å². The maximum Gasteiger partial charge on any atom is 0.167 e. The van der Waals surface area contributed by atoms with Crippen molar-refractivity contribution in [2.75, 3.05) is 0 Å². The topological polar surface area (TPSA) is 65.0 Å². The Labute approximate surface area is 227 Å². The zero-order chi connectivity index (χ0) is 25.9. The fourth-order valence-electron chi connectivity index (χ4n) is 5.25. The minimum absolute atomic E-state index is 0.506. The molecule has 8 rings (SSSR count). The number of hydrogen-bond acceptors (Lipinski definition) is 5. The van der Waals surface area contributed by atoms with E-state index >= 15 is 0 Å². The van der Waals surface area contributed by atoms with E-state index in [9.17, 15) is 0 Å². The predicted molar refractivity (Wildman–Crippen MR) is 156 cm³/mol. The van der Waals surface area contributed by atoms with E-state index < -0.39 is 0 Å². The summed E-state index contributed by atoms with van der Waals surface area (Å²) in [4.78, 5) is 14.9. The minimum Gasteiger partial charge on any atom is -0.456 e. The maximum absolute atomic E-state index is 6.59. The van der Waals surface area contributed by atoms with E-state index in [1.165, 1.54) is 0 Å². The van der Waals surface area contributed by atoms with Crippen molar-refractivity contribution in [2.45, 2.75) is 0 Å². The third-order valence-electron chi connectivity index (χ3n) is 7.00. The number of fused-ring (bicyclic) bond motifs is 6. The minimum atomic E-state index is 0.506. The van der Waals surface area contributed by atoms with E-state index in [4.69, 9.17) is 35.4 Å². The van der Waals surface area contributed by atoms with Crippen molar-refractivity contribution in [2.24, 2.45) is 0 Å². The van der Waals surface area contributed by atoms with Crippen LogP contribution < -0.4 is 0 Å². The van der Waals surface area contributed by atoms with Crippen LogP contribution in [0.15, 0.2) is 118 Å². The lowest BCUT2D eigenvalue weighted by atomic mass is 10.0. The number of para-hydroxylation sites is 3. The van der Waals surface area contributed by atoms with Gasteiger partial charge in [0.05, 0.1) is 5.56 Å². The third kappa shape index (κ3) is 3.51. The SMILES string of the molecule is Clc1cc(-c2nc(-c3ccccc3)nc(-c3cccc4c3oc3ccccc34)n2)c2c(c1)oc1ccccc12. The van der Waals surface area contributed by atoms with Crippen molar-refractivity contribution in [3.8, 4) is 34.2 Å². The highest BCUT2D eigenvalue weighted by Crippen LogP contribution is 2.40. The van der Waals surface area contributed by atoms with Crippen molar-refractivity contribution in [3.63, 3.8) is 0 Å². The number of rotatable bonds is 3. The summed E-state index contributed by atoms with van der Waals surface area (Å²) in [6, 6.07) is 35.6. The Morgan fingerprint density at radius 1 is 0.487 bits per heavy atom. The molecule has 8 aromatic rings. The molecular formula is C33H18ClN3O2. The number of benzene rings is 5. The molecule has 0 bridgehead atoms. The van der Waals surface area contributed by atoms with Gasteiger partial charge in [0.25, 0.3) is 0 Å². The molecule has 0 unspecified atom stereocenters. The quantitative estimate of drug-likeness (QED) is 0.231. The average Bonchev–Trinajstić information content (AvgIpc) is 3.55. The standard InChI is InChI=1S/C33H18ClN3O2/c34-20-17-25(29-23-12-5-7-16-27(23)38-28(29)18-20)33-36-31(19-9-2-1-3-10-19)35-32(37-33)24-14-8-13-22-21-11-4-6-15-26(21)39-30(22)24/h1-18H. The van der Waals surface area contributed by atoms with Crippen LogP contribution in [-0.2, 0) is 0 Å². The Bertz CT molecular complexity index is 2200. The Kier molecular flexibility index (Phi) is 4.81. The number of hydrogen-bond donors (Lipinski definition) is 0. The van der Waals surface area contributed by atoms with Crippen LogP contribution in [0.1, 0.15) is 0 Å². The molecule has 0 aliphatic carbocycles. The molecule has 3 aromatic heterocycles. The second-order valence-electron chi connectivity index (χ2n) is 9.38. The largest absolute Gasteiger partial charge is 0.456 e. The molecule has 0 aliphatic rings. The first kappa shape index (κ1) is 22.0. The first-order valence-corrected chi connectivity index (χ1v) is 12.9. The second kappa shape index (κ2) is 8.51. The van der Waals surface area contributed by atoms with Gasteiger partial charge in [-0.2, -0.15) is 0 Å². The van der Waals surface area contributed by atoms with Crippen LogP contribution in [0.2, 0.25) is 5.02 Å². The van der Waals surface area contributed by atoms with Crippen LogP contribution in [0, 0.1) is 0 Å². The lowest BCUT2D eigenvalue weighted by molar-refractivity contribution is 0.668. The highest BCUT2D eigenvalue weighted by molar-refractivity contribution is 6.32. The zero-order valence-electron chi connectivity index (χ0n) is 20.4. The molecule has 3 heterocycles. The summed E-state index contributed by atoms with van der Waals surface area (Å²) in [6.07, 6.45) is 0. The molecule has 0 atom stereocenters. The monoisotopic (exact) mass is 523 g/mol. The van der Waals surface area contributed by atoms with E-state index in [1.54, 1.807) is 0 Å². The van der Waals surface area contributed by atoms with Gasteiger partial charge in [-0.3, -0.25) is 0 Å². The van der Waals surface area contributed by atoms with Gasteiger partial charge in [-0.05, 0) is 24.3 Å². The summed E-state index contributed by atoms with van der Waals surface area (Å²) in [7, 11) is 0. The molecular weight excluding hydrogens is 506 g/mol. The van der Waals surface area contributed by atoms with Gasteiger partial charge >= 0.3 is 0 Å². The Balaban J connectivity index is 1.45. The van der Waals surface area contributed by atoms with Crippen molar-refractivity contribution in [1.29, 1.82) is 0 Å². The van der Waals surface area contributed by atoms with Gasteiger partial charge in [0.2, 0.25) is 0 Å². The van der Waals surface area contributed by atoms with Crippen LogP contribution in [0.25, 0.3) is 78.0 Å². The fourth-order valence-corrected chi connectivity index (χ4v) is 5.46. The summed E-state index contributed by atoms with van der Waals surface area (Å²) >= 11 is 6.59. The molecule has 0 fully saturated rings. The smallest absolute Gasteiger partial charge is 0.167 e. The molecule has 5 aromatic carbocycles. The number of furan rings is 2. The first-order valence-electron chi connectivity index (χ1n) is 12.6. The van der Waals surface area contributed by atoms with Crippen molar-refractivity contribution >= 4 is 55.5 Å². The van der Waals surface area contributed by atoms with Gasteiger partial charge in [-0.15, -0.1) is 0 Å². The molecule has 0 saturated heterocycles. The van der Waals surface area contributed by atoms with Crippen molar-refractivity contribution in [1.82, 2.24) is 15.0 Å². The molecule has 184 valence electrons. The normalized spacial score (nSPS) is 11.7.